The van der Waals surface area contributed by atoms with Crippen molar-refractivity contribution in [3.8, 4) is 0 Å². The number of benzene rings is 1. The van der Waals surface area contributed by atoms with Gasteiger partial charge in [0.15, 0.2) is 0 Å². The van der Waals surface area contributed by atoms with Crippen LogP contribution in [0.2, 0.25) is 0 Å². The number of nitrogens with one attached hydrogen (secondary N) is 1. The van der Waals surface area contributed by atoms with Gasteiger partial charge in [-0.25, -0.2) is 0 Å². The molecule has 2 fully saturated rings. The number of nitrogens with zero attached hydrogens (tertiary/aromatic N) is 1. The molecular formula is C16H24N2. The average Bonchev–Trinajstić information content (AvgIpc) is 2.64. The zero-order chi connectivity index (χ0) is 12.4. The van der Waals surface area contributed by atoms with Crippen LogP contribution in [0.3, 0.4) is 0 Å². The third-order valence-electron chi connectivity index (χ3n) is 4.66. The quantitative estimate of drug-likeness (QED) is 0.879. The van der Waals surface area contributed by atoms with E-state index in [9.17, 15) is 0 Å². The summed E-state index contributed by atoms with van der Waals surface area (Å²) in [6, 6.07) is 12.6. The van der Waals surface area contributed by atoms with Crippen LogP contribution < -0.4 is 5.32 Å². The van der Waals surface area contributed by atoms with Crippen LogP contribution >= 0.6 is 0 Å². The summed E-state index contributed by atoms with van der Waals surface area (Å²) >= 11 is 0. The molecule has 3 unspecified atom stereocenters. The van der Waals surface area contributed by atoms with Gasteiger partial charge >= 0.3 is 0 Å². The first-order chi connectivity index (χ1) is 8.84. The second-order valence-corrected chi connectivity index (χ2v) is 5.89. The maximum Gasteiger partial charge on any atom is 0.0224 e. The zero-order valence-corrected chi connectivity index (χ0v) is 11.3. The number of hydrogen-bond donors (Lipinski definition) is 1. The van der Waals surface area contributed by atoms with Gasteiger partial charge in [0.25, 0.3) is 0 Å². The highest BCUT2D eigenvalue weighted by atomic mass is 15.2. The monoisotopic (exact) mass is 244 g/mol. The van der Waals surface area contributed by atoms with Gasteiger partial charge < -0.3 is 5.32 Å². The van der Waals surface area contributed by atoms with E-state index in [0.29, 0.717) is 5.92 Å². The highest BCUT2D eigenvalue weighted by molar-refractivity contribution is 5.19. The lowest BCUT2D eigenvalue weighted by atomic mass is 10.00. The SMILES string of the molecule is CC(CN1C2CCNCC1CC2)c1ccccc1. The van der Waals surface area contributed by atoms with Crippen LogP contribution in [0.15, 0.2) is 30.3 Å². The minimum absolute atomic E-state index is 0.646. The van der Waals surface area contributed by atoms with E-state index in [4.69, 9.17) is 0 Å². The summed E-state index contributed by atoms with van der Waals surface area (Å²) in [6.45, 7) is 5.99. The van der Waals surface area contributed by atoms with Crippen LogP contribution in [-0.4, -0.2) is 36.6 Å². The predicted molar refractivity (Wildman–Crippen MR) is 75.9 cm³/mol. The Morgan fingerprint density at radius 3 is 2.78 bits per heavy atom. The van der Waals surface area contributed by atoms with Crippen LogP contribution in [0, 0.1) is 0 Å². The summed E-state index contributed by atoms with van der Waals surface area (Å²) in [5.74, 6) is 0.646. The maximum absolute atomic E-state index is 3.58. The van der Waals surface area contributed by atoms with Crippen LogP contribution in [0.4, 0.5) is 0 Å². The van der Waals surface area contributed by atoms with E-state index >= 15 is 0 Å². The molecule has 0 amide bonds. The molecule has 0 saturated carbocycles. The molecule has 0 spiro atoms. The first-order valence-corrected chi connectivity index (χ1v) is 7.36. The molecule has 1 N–H and O–H groups in total. The molecule has 18 heavy (non-hydrogen) atoms. The van der Waals surface area contributed by atoms with Gasteiger partial charge in [-0.1, -0.05) is 37.3 Å². The fourth-order valence-corrected chi connectivity index (χ4v) is 3.58. The van der Waals surface area contributed by atoms with Crippen LogP contribution in [0.5, 0.6) is 0 Å². The van der Waals surface area contributed by atoms with E-state index in [-0.39, 0.29) is 0 Å². The average molecular weight is 244 g/mol. The van der Waals surface area contributed by atoms with Crippen molar-refractivity contribution >= 4 is 0 Å². The summed E-state index contributed by atoms with van der Waals surface area (Å²) < 4.78 is 0. The number of hydrogen-bond acceptors (Lipinski definition) is 2. The molecule has 0 radical (unpaired) electrons. The van der Waals surface area contributed by atoms with Crippen LogP contribution in [-0.2, 0) is 0 Å². The van der Waals surface area contributed by atoms with E-state index in [1.165, 1.54) is 44.5 Å². The Balaban J connectivity index is 1.68. The lowest BCUT2D eigenvalue weighted by molar-refractivity contribution is 0.192. The van der Waals surface area contributed by atoms with Crippen molar-refractivity contribution in [3.63, 3.8) is 0 Å². The Kier molecular flexibility index (Phi) is 3.67. The molecule has 1 aromatic rings. The molecule has 2 heteroatoms. The highest BCUT2D eigenvalue weighted by Gasteiger charge is 2.35. The van der Waals surface area contributed by atoms with E-state index in [1.54, 1.807) is 0 Å². The highest BCUT2D eigenvalue weighted by Crippen LogP contribution is 2.30. The van der Waals surface area contributed by atoms with Gasteiger partial charge in [0.2, 0.25) is 0 Å². The summed E-state index contributed by atoms with van der Waals surface area (Å²) in [4.78, 5) is 2.78. The third kappa shape index (κ3) is 2.45. The van der Waals surface area contributed by atoms with E-state index in [2.05, 4.69) is 47.5 Å². The molecule has 0 aromatic heterocycles. The molecule has 2 heterocycles. The van der Waals surface area contributed by atoms with Crippen molar-refractivity contribution in [2.45, 2.75) is 44.2 Å². The molecular weight excluding hydrogens is 220 g/mol. The van der Waals surface area contributed by atoms with E-state index < -0.39 is 0 Å². The Morgan fingerprint density at radius 2 is 1.94 bits per heavy atom. The molecule has 1 aromatic carbocycles. The van der Waals surface area contributed by atoms with Gasteiger partial charge in [-0.05, 0) is 37.3 Å². The number of rotatable bonds is 3. The largest absolute Gasteiger partial charge is 0.315 e. The summed E-state index contributed by atoms with van der Waals surface area (Å²) in [5.41, 5.74) is 1.48. The predicted octanol–water partition coefficient (Wildman–Crippen LogP) is 2.62. The molecule has 2 saturated heterocycles. The lowest BCUT2D eigenvalue weighted by Gasteiger charge is -2.30. The van der Waals surface area contributed by atoms with Crippen LogP contribution in [0.25, 0.3) is 0 Å². The second kappa shape index (κ2) is 5.41. The number of fused-ring (bicyclic) bond motifs is 2. The molecule has 3 atom stereocenters. The Morgan fingerprint density at radius 1 is 1.17 bits per heavy atom. The van der Waals surface area contributed by atoms with Gasteiger partial charge in [0.05, 0.1) is 0 Å². The van der Waals surface area contributed by atoms with Crippen molar-refractivity contribution in [1.29, 1.82) is 0 Å². The van der Waals surface area contributed by atoms with Crippen molar-refractivity contribution in [2.75, 3.05) is 19.6 Å². The van der Waals surface area contributed by atoms with Crippen LogP contribution in [0.1, 0.15) is 37.7 Å². The topological polar surface area (TPSA) is 15.3 Å². The first-order valence-electron chi connectivity index (χ1n) is 7.36. The van der Waals surface area contributed by atoms with Crippen molar-refractivity contribution in [1.82, 2.24) is 10.2 Å². The fraction of sp³-hybridized carbons (Fsp3) is 0.625. The van der Waals surface area contributed by atoms with Gasteiger partial charge in [-0.2, -0.15) is 0 Å². The second-order valence-electron chi connectivity index (χ2n) is 5.89. The Bertz CT molecular complexity index is 362. The third-order valence-corrected chi connectivity index (χ3v) is 4.66. The van der Waals surface area contributed by atoms with Gasteiger partial charge in [0.1, 0.15) is 0 Å². The van der Waals surface area contributed by atoms with Crippen molar-refractivity contribution in [3.05, 3.63) is 35.9 Å². The minimum atomic E-state index is 0.646. The first kappa shape index (κ1) is 12.2. The molecule has 98 valence electrons. The molecule has 2 aliphatic rings. The van der Waals surface area contributed by atoms with Crippen molar-refractivity contribution < 1.29 is 0 Å². The smallest absolute Gasteiger partial charge is 0.0224 e. The molecule has 2 bridgehead atoms. The molecule has 3 rings (SSSR count). The normalized spacial score (nSPS) is 30.1. The Labute approximate surface area is 110 Å². The lowest BCUT2D eigenvalue weighted by Crippen LogP contribution is -2.40. The Hall–Kier alpha value is -0.860. The van der Waals surface area contributed by atoms with Gasteiger partial charge in [-0.15, -0.1) is 0 Å². The summed E-state index contributed by atoms with van der Waals surface area (Å²) in [5, 5.41) is 3.58. The van der Waals surface area contributed by atoms with E-state index in [0.717, 1.165) is 12.1 Å². The molecule has 2 aliphatic heterocycles. The minimum Gasteiger partial charge on any atom is -0.315 e. The van der Waals surface area contributed by atoms with Crippen molar-refractivity contribution in [2.24, 2.45) is 0 Å². The zero-order valence-electron chi connectivity index (χ0n) is 11.3. The van der Waals surface area contributed by atoms with Gasteiger partial charge in [0, 0.05) is 25.2 Å². The molecule has 2 nitrogen and oxygen atoms in total. The maximum atomic E-state index is 3.58. The summed E-state index contributed by atoms with van der Waals surface area (Å²) in [7, 11) is 0. The fourth-order valence-electron chi connectivity index (χ4n) is 3.58. The standard InChI is InChI=1S/C16H24N2/c1-13(14-5-3-2-4-6-14)12-18-15-7-8-16(18)11-17-10-9-15/h2-6,13,15-17H,7-12H2,1H3. The molecule has 0 aliphatic carbocycles. The van der Waals surface area contributed by atoms with Gasteiger partial charge in [-0.3, -0.25) is 4.90 Å². The van der Waals surface area contributed by atoms with E-state index in [1.807, 2.05) is 0 Å². The summed E-state index contributed by atoms with van der Waals surface area (Å²) in [6.07, 6.45) is 4.13.